The van der Waals surface area contributed by atoms with Crippen LogP contribution < -0.4 is 5.32 Å². The highest BCUT2D eigenvalue weighted by Gasteiger charge is 2.17. The number of benzene rings is 1. The molecule has 1 aliphatic rings. The monoisotopic (exact) mass is 218 g/mol. The molecule has 1 aliphatic heterocycles. The van der Waals surface area contributed by atoms with Crippen molar-refractivity contribution in [2.75, 3.05) is 6.54 Å². The Morgan fingerprint density at radius 3 is 2.81 bits per heavy atom. The van der Waals surface area contributed by atoms with Crippen molar-refractivity contribution >= 4 is 0 Å². The molecule has 0 unspecified atom stereocenters. The summed E-state index contributed by atoms with van der Waals surface area (Å²) in [5.41, 5.74) is 1.78. The van der Waals surface area contributed by atoms with Gasteiger partial charge in [0.25, 0.3) is 0 Å². The van der Waals surface area contributed by atoms with Crippen molar-refractivity contribution in [3.05, 3.63) is 41.5 Å². The van der Waals surface area contributed by atoms with Gasteiger partial charge in [0.1, 0.15) is 11.6 Å². The van der Waals surface area contributed by atoms with Crippen LogP contribution in [0.5, 0.6) is 0 Å². The summed E-state index contributed by atoms with van der Waals surface area (Å²) in [5, 5.41) is 3.23. The Morgan fingerprint density at radius 2 is 2.06 bits per heavy atom. The zero-order valence-electron chi connectivity index (χ0n) is 8.66. The van der Waals surface area contributed by atoms with E-state index in [1.54, 1.807) is 12.1 Å². The molecule has 16 heavy (non-hydrogen) atoms. The first kappa shape index (κ1) is 9.54. The van der Waals surface area contributed by atoms with Crippen molar-refractivity contribution in [1.29, 1.82) is 0 Å². The molecule has 0 spiro atoms. The lowest BCUT2D eigenvalue weighted by atomic mass is 10.2. The van der Waals surface area contributed by atoms with Gasteiger partial charge in [-0.25, -0.2) is 9.37 Å². The van der Waals surface area contributed by atoms with Gasteiger partial charge >= 0.3 is 0 Å². The molecule has 1 aromatic carbocycles. The highest BCUT2D eigenvalue weighted by atomic mass is 19.1. The van der Waals surface area contributed by atoms with Crippen LogP contribution in [0.15, 0.2) is 28.7 Å². The van der Waals surface area contributed by atoms with Gasteiger partial charge in [-0.3, -0.25) is 0 Å². The SMILES string of the molecule is Fc1ccc(-c2nc3c(o2)CCNC3)cc1. The van der Waals surface area contributed by atoms with E-state index in [9.17, 15) is 4.39 Å². The van der Waals surface area contributed by atoms with Crippen molar-refractivity contribution < 1.29 is 8.81 Å². The molecule has 4 heteroatoms. The Balaban J connectivity index is 2.00. The van der Waals surface area contributed by atoms with Gasteiger partial charge in [0, 0.05) is 25.1 Å². The summed E-state index contributed by atoms with van der Waals surface area (Å²) in [7, 11) is 0. The number of hydrogen-bond acceptors (Lipinski definition) is 3. The smallest absolute Gasteiger partial charge is 0.226 e. The standard InChI is InChI=1S/C12H11FN2O/c13-9-3-1-8(2-4-9)12-15-10-7-14-6-5-11(10)16-12/h1-4,14H,5-7H2. The van der Waals surface area contributed by atoms with Crippen molar-refractivity contribution in [1.82, 2.24) is 10.3 Å². The first-order chi connectivity index (χ1) is 7.83. The fourth-order valence-electron chi connectivity index (χ4n) is 1.84. The Morgan fingerprint density at radius 1 is 1.25 bits per heavy atom. The summed E-state index contributed by atoms with van der Waals surface area (Å²) in [5.74, 6) is 1.27. The van der Waals surface area contributed by atoms with Gasteiger partial charge in [0.05, 0.1) is 5.69 Å². The lowest BCUT2D eigenvalue weighted by molar-refractivity contribution is 0.483. The maximum absolute atomic E-state index is 12.8. The summed E-state index contributed by atoms with van der Waals surface area (Å²) in [6, 6.07) is 6.19. The van der Waals surface area contributed by atoms with E-state index >= 15 is 0 Å². The van der Waals surface area contributed by atoms with Gasteiger partial charge in [-0.1, -0.05) is 0 Å². The number of oxazole rings is 1. The summed E-state index contributed by atoms with van der Waals surface area (Å²) in [4.78, 5) is 4.40. The predicted molar refractivity (Wildman–Crippen MR) is 57.3 cm³/mol. The van der Waals surface area contributed by atoms with E-state index in [2.05, 4.69) is 10.3 Å². The molecule has 3 nitrogen and oxygen atoms in total. The van der Waals surface area contributed by atoms with E-state index in [1.807, 2.05) is 0 Å². The molecule has 2 aromatic rings. The number of fused-ring (bicyclic) bond motifs is 1. The van der Waals surface area contributed by atoms with Gasteiger partial charge in [0.2, 0.25) is 5.89 Å². The van der Waals surface area contributed by atoms with Crippen LogP contribution >= 0.6 is 0 Å². The maximum Gasteiger partial charge on any atom is 0.226 e. The fourth-order valence-corrected chi connectivity index (χ4v) is 1.84. The minimum absolute atomic E-state index is 0.248. The molecule has 0 saturated carbocycles. The average molecular weight is 218 g/mol. The highest BCUT2D eigenvalue weighted by molar-refractivity contribution is 5.53. The van der Waals surface area contributed by atoms with Crippen molar-refractivity contribution in [3.8, 4) is 11.5 Å². The maximum atomic E-state index is 12.8. The Hall–Kier alpha value is -1.68. The number of hydrogen-bond donors (Lipinski definition) is 1. The van der Waals surface area contributed by atoms with Gasteiger partial charge in [-0.15, -0.1) is 0 Å². The van der Waals surface area contributed by atoms with Crippen LogP contribution in [0, 0.1) is 5.82 Å². The second-order valence-electron chi connectivity index (χ2n) is 3.82. The third kappa shape index (κ3) is 1.61. The van der Waals surface area contributed by atoms with Crippen LogP contribution in [0.4, 0.5) is 4.39 Å². The van der Waals surface area contributed by atoms with E-state index in [0.717, 1.165) is 36.5 Å². The Kier molecular flexibility index (Phi) is 2.22. The van der Waals surface area contributed by atoms with E-state index in [0.29, 0.717) is 5.89 Å². The zero-order chi connectivity index (χ0) is 11.0. The minimum atomic E-state index is -0.248. The van der Waals surface area contributed by atoms with E-state index < -0.39 is 0 Å². The molecule has 0 fully saturated rings. The van der Waals surface area contributed by atoms with E-state index in [1.165, 1.54) is 12.1 Å². The first-order valence-corrected chi connectivity index (χ1v) is 5.28. The highest BCUT2D eigenvalue weighted by Crippen LogP contribution is 2.23. The molecule has 1 N–H and O–H groups in total. The summed E-state index contributed by atoms with van der Waals surface area (Å²) < 4.78 is 18.4. The normalized spacial score (nSPS) is 14.8. The third-order valence-corrected chi connectivity index (χ3v) is 2.69. The average Bonchev–Trinajstić information content (AvgIpc) is 2.73. The molecule has 82 valence electrons. The van der Waals surface area contributed by atoms with Crippen LogP contribution in [0.1, 0.15) is 11.5 Å². The predicted octanol–water partition coefficient (Wildman–Crippen LogP) is 2.13. The number of nitrogens with one attached hydrogen (secondary N) is 1. The quantitative estimate of drug-likeness (QED) is 0.796. The fraction of sp³-hybridized carbons (Fsp3) is 0.250. The molecule has 2 heterocycles. The van der Waals surface area contributed by atoms with Crippen molar-refractivity contribution in [3.63, 3.8) is 0 Å². The summed E-state index contributed by atoms with van der Waals surface area (Å²) in [6.45, 7) is 1.67. The molecule has 0 radical (unpaired) electrons. The minimum Gasteiger partial charge on any atom is -0.441 e. The number of rotatable bonds is 1. The molecule has 0 atom stereocenters. The molecule has 0 bridgehead atoms. The van der Waals surface area contributed by atoms with Crippen molar-refractivity contribution in [2.24, 2.45) is 0 Å². The first-order valence-electron chi connectivity index (χ1n) is 5.28. The molecular weight excluding hydrogens is 207 g/mol. The van der Waals surface area contributed by atoms with Crippen LogP contribution in [0.25, 0.3) is 11.5 Å². The lowest BCUT2D eigenvalue weighted by Gasteiger charge is -2.08. The second kappa shape index (κ2) is 3.72. The molecule has 0 saturated heterocycles. The van der Waals surface area contributed by atoms with Crippen molar-refractivity contribution in [2.45, 2.75) is 13.0 Å². The van der Waals surface area contributed by atoms with E-state index in [4.69, 9.17) is 4.42 Å². The van der Waals surface area contributed by atoms with E-state index in [-0.39, 0.29) is 5.82 Å². The Labute approximate surface area is 92.3 Å². The lowest BCUT2D eigenvalue weighted by Crippen LogP contribution is -2.22. The molecular formula is C12H11FN2O. The van der Waals surface area contributed by atoms with Gasteiger partial charge in [-0.2, -0.15) is 0 Å². The number of aromatic nitrogens is 1. The topological polar surface area (TPSA) is 38.1 Å². The molecule has 0 amide bonds. The number of halogens is 1. The van der Waals surface area contributed by atoms with Gasteiger partial charge < -0.3 is 9.73 Å². The molecule has 1 aromatic heterocycles. The summed E-state index contributed by atoms with van der Waals surface area (Å²) >= 11 is 0. The summed E-state index contributed by atoms with van der Waals surface area (Å²) in [6.07, 6.45) is 0.865. The molecule has 0 aliphatic carbocycles. The zero-order valence-corrected chi connectivity index (χ0v) is 8.66. The van der Waals surface area contributed by atoms with Gasteiger partial charge in [-0.05, 0) is 24.3 Å². The largest absolute Gasteiger partial charge is 0.441 e. The van der Waals surface area contributed by atoms with Crippen LogP contribution in [0.2, 0.25) is 0 Å². The Bertz CT molecular complexity index is 481. The third-order valence-electron chi connectivity index (χ3n) is 2.69. The van der Waals surface area contributed by atoms with Crippen LogP contribution in [-0.2, 0) is 13.0 Å². The van der Waals surface area contributed by atoms with Gasteiger partial charge in [0.15, 0.2) is 0 Å². The second-order valence-corrected chi connectivity index (χ2v) is 3.82. The molecule has 3 rings (SSSR count). The van der Waals surface area contributed by atoms with Crippen LogP contribution in [-0.4, -0.2) is 11.5 Å². The van der Waals surface area contributed by atoms with Crippen LogP contribution in [0.3, 0.4) is 0 Å². The number of nitrogens with zero attached hydrogens (tertiary/aromatic N) is 1.